The Morgan fingerprint density at radius 3 is 2.04 bits per heavy atom. The maximum absolute atomic E-state index is 12.8. The molecule has 0 bridgehead atoms. The molecule has 0 saturated carbocycles. The summed E-state index contributed by atoms with van der Waals surface area (Å²) in [5, 5.41) is 0. The number of aryl methyl sites for hydroxylation is 2. The number of ether oxygens (including phenoxy) is 1. The fraction of sp³-hybridized carbons (Fsp3) is 0.333. The Labute approximate surface area is 155 Å². The van der Waals surface area contributed by atoms with Crippen molar-refractivity contribution in [2.75, 3.05) is 13.4 Å². The molecule has 0 heterocycles. The van der Waals surface area contributed by atoms with Gasteiger partial charge in [-0.15, -0.1) is 0 Å². The number of hydrogen-bond acceptors (Lipinski definition) is 5. The van der Waals surface area contributed by atoms with Crippen molar-refractivity contribution >= 4 is 19.9 Å². The third-order valence-corrected chi connectivity index (χ3v) is 6.93. The van der Waals surface area contributed by atoms with Gasteiger partial charge in [-0.2, -0.15) is 0 Å². The molecule has 142 valence electrons. The summed E-state index contributed by atoms with van der Waals surface area (Å²) in [4.78, 5) is 0.383. The molecule has 0 spiro atoms. The Bertz CT molecular complexity index is 1010. The lowest BCUT2D eigenvalue weighted by atomic mass is 10.1. The van der Waals surface area contributed by atoms with E-state index >= 15 is 0 Å². The normalized spacial score (nSPS) is 13.4. The van der Waals surface area contributed by atoms with Crippen LogP contribution in [-0.4, -0.2) is 30.2 Å². The standard InChI is InChI=1S/C18H23NO5S2/c1-12-11-18(13(2)10-17(12)24-4)26(22,23)19-14(3)15-6-8-16(9-7-15)25(5,20)21/h6-11,14,19H,1-5H3/t14-/m0/s1. The fourth-order valence-corrected chi connectivity index (χ4v) is 4.81. The predicted octanol–water partition coefficient (Wildman–Crippen LogP) is 2.76. The Morgan fingerprint density at radius 2 is 1.54 bits per heavy atom. The van der Waals surface area contributed by atoms with Crippen LogP contribution in [-0.2, 0) is 19.9 Å². The third kappa shape index (κ3) is 4.44. The van der Waals surface area contributed by atoms with Crippen molar-refractivity contribution in [1.82, 2.24) is 4.72 Å². The predicted molar refractivity (Wildman–Crippen MR) is 101 cm³/mol. The number of hydrogen-bond donors (Lipinski definition) is 1. The molecule has 2 aromatic rings. The van der Waals surface area contributed by atoms with Crippen molar-refractivity contribution < 1.29 is 21.6 Å². The highest BCUT2D eigenvalue weighted by atomic mass is 32.2. The SMILES string of the molecule is COc1cc(C)c(S(=O)(=O)N[C@@H](C)c2ccc(S(C)(=O)=O)cc2)cc1C. The van der Waals surface area contributed by atoms with Crippen molar-refractivity contribution in [3.8, 4) is 5.75 Å². The smallest absolute Gasteiger partial charge is 0.241 e. The van der Waals surface area contributed by atoms with Gasteiger partial charge in [0, 0.05) is 12.3 Å². The van der Waals surface area contributed by atoms with Gasteiger partial charge in [0.2, 0.25) is 10.0 Å². The molecular formula is C18H23NO5S2. The first-order valence-corrected chi connectivity index (χ1v) is 11.3. The fourth-order valence-electron chi connectivity index (χ4n) is 2.64. The zero-order valence-electron chi connectivity index (χ0n) is 15.4. The minimum absolute atomic E-state index is 0.190. The largest absolute Gasteiger partial charge is 0.496 e. The van der Waals surface area contributed by atoms with Crippen LogP contribution in [0.15, 0.2) is 46.2 Å². The van der Waals surface area contributed by atoms with Gasteiger partial charge in [-0.25, -0.2) is 21.6 Å². The maximum Gasteiger partial charge on any atom is 0.241 e. The van der Waals surface area contributed by atoms with Gasteiger partial charge in [0.1, 0.15) is 5.75 Å². The maximum atomic E-state index is 12.8. The van der Waals surface area contributed by atoms with E-state index in [1.807, 2.05) is 0 Å². The van der Waals surface area contributed by atoms with Gasteiger partial charge in [-0.1, -0.05) is 12.1 Å². The van der Waals surface area contributed by atoms with E-state index in [-0.39, 0.29) is 9.79 Å². The minimum atomic E-state index is -3.75. The molecule has 1 N–H and O–H groups in total. The molecule has 0 saturated heterocycles. The van der Waals surface area contributed by atoms with Crippen LogP contribution >= 0.6 is 0 Å². The first-order valence-electron chi connectivity index (χ1n) is 7.93. The molecular weight excluding hydrogens is 374 g/mol. The minimum Gasteiger partial charge on any atom is -0.496 e. The van der Waals surface area contributed by atoms with Crippen LogP contribution in [0.1, 0.15) is 29.7 Å². The first-order chi connectivity index (χ1) is 12.0. The Kier molecular flexibility index (Phi) is 5.79. The molecule has 0 unspecified atom stereocenters. The molecule has 0 amide bonds. The van der Waals surface area contributed by atoms with E-state index in [1.165, 1.54) is 19.2 Å². The molecule has 0 fully saturated rings. The topological polar surface area (TPSA) is 89.5 Å². The van der Waals surface area contributed by atoms with E-state index in [0.29, 0.717) is 16.9 Å². The van der Waals surface area contributed by atoms with Crippen LogP contribution in [0, 0.1) is 13.8 Å². The summed E-state index contributed by atoms with van der Waals surface area (Å²) in [5.41, 5.74) is 1.98. The second-order valence-electron chi connectivity index (χ2n) is 6.27. The highest BCUT2D eigenvalue weighted by molar-refractivity contribution is 7.90. The van der Waals surface area contributed by atoms with E-state index in [9.17, 15) is 16.8 Å². The molecule has 0 aromatic heterocycles. The van der Waals surface area contributed by atoms with Crippen LogP contribution < -0.4 is 9.46 Å². The summed E-state index contributed by atoms with van der Waals surface area (Å²) in [7, 11) is -5.50. The van der Waals surface area contributed by atoms with E-state index in [0.717, 1.165) is 11.8 Å². The van der Waals surface area contributed by atoms with Crippen molar-refractivity contribution in [3.05, 3.63) is 53.1 Å². The average molecular weight is 398 g/mol. The highest BCUT2D eigenvalue weighted by Crippen LogP contribution is 2.27. The number of sulfonamides is 1. The van der Waals surface area contributed by atoms with Crippen molar-refractivity contribution in [3.63, 3.8) is 0 Å². The van der Waals surface area contributed by atoms with Gasteiger partial charge in [0.25, 0.3) is 0 Å². The molecule has 0 aliphatic rings. The molecule has 0 aliphatic heterocycles. The van der Waals surface area contributed by atoms with Crippen LogP contribution in [0.3, 0.4) is 0 Å². The summed E-state index contributed by atoms with van der Waals surface area (Å²) in [6, 6.07) is 8.91. The lowest BCUT2D eigenvalue weighted by molar-refractivity contribution is 0.411. The van der Waals surface area contributed by atoms with Crippen LogP contribution in [0.5, 0.6) is 5.75 Å². The molecule has 2 aromatic carbocycles. The molecule has 6 nitrogen and oxygen atoms in total. The molecule has 8 heteroatoms. The molecule has 26 heavy (non-hydrogen) atoms. The van der Waals surface area contributed by atoms with Crippen LogP contribution in [0.4, 0.5) is 0 Å². The van der Waals surface area contributed by atoms with Gasteiger partial charge >= 0.3 is 0 Å². The number of nitrogens with one attached hydrogen (secondary N) is 1. The monoisotopic (exact) mass is 397 g/mol. The second kappa shape index (κ2) is 7.38. The van der Waals surface area contributed by atoms with E-state index in [2.05, 4.69) is 4.72 Å². The van der Waals surface area contributed by atoms with Gasteiger partial charge in [0.15, 0.2) is 9.84 Å². The quantitative estimate of drug-likeness (QED) is 0.809. The van der Waals surface area contributed by atoms with Crippen LogP contribution in [0.2, 0.25) is 0 Å². The summed E-state index contributed by atoms with van der Waals surface area (Å²) < 4.78 is 56.4. The number of sulfone groups is 1. The second-order valence-corrected chi connectivity index (χ2v) is 9.97. The summed E-state index contributed by atoms with van der Waals surface area (Å²) in [6.45, 7) is 5.20. The van der Waals surface area contributed by atoms with E-state index in [4.69, 9.17) is 4.74 Å². The first kappa shape index (κ1) is 20.4. The van der Waals surface area contributed by atoms with Crippen molar-refractivity contribution in [2.45, 2.75) is 36.6 Å². The van der Waals surface area contributed by atoms with E-state index in [1.54, 1.807) is 45.0 Å². The van der Waals surface area contributed by atoms with Gasteiger partial charge in [-0.3, -0.25) is 0 Å². The Balaban J connectivity index is 2.30. The average Bonchev–Trinajstić information content (AvgIpc) is 2.55. The van der Waals surface area contributed by atoms with Gasteiger partial charge in [0.05, 0.1) is 16.9 Å². The summed E-state index contributed by atoms with van der Waals surface area (Å²) in [6.07, 6.45) is 1.13. The molecule has 0 aliphatic carbocycles. The summed E-state index contributed by atoms with van der Waals surface area (Å²) >= 11 is 0. The summed E-state index contributed by atoms with van der Waals surface area (Å²) in [5.74, 6) is 0.630. The number of benzene rings is 2. The van der Waals surface area contributed by atoms with E-state index < -0.39 is 25.9 Å². The van der Waals surface area contributed by atoms with Crippen molar-refractivity contribution in [1.29, 1.82) is 0 Å². The molecule has 2 rings (SSSR count). The zero-order chi connectivity index (χ0) is 19.7. The number of methoxy groups -OCH3 is 1. The highest BCUT2D eigenvalue weighted by Gasteiger charge is 2.22. The van der Waals surface area contributed by atoms with Crippen molar-refractivity contribution in [2.24, 2.45) is 0 Å². The lowest BCUT2D eigenvalue weighted by Gasteiger charge is -2.17. The zero-order valence-corrected chi connectivity index (χ0v) is 17.0. The van der Waals surface area contributed by atoms with Gasteiger partial charge in [-0.05, 0) is 61.7 Å². The third-order valence-electron chi connectivity index (χ3n) is 4.12. The van der Waals surface area contributed by atoms with Gasteiger partial charge < -0.3 is 4.74 Å². The lowest BCUT2D eigenvalue weighted by Crippen LogP contribution is -2.27. The Hall–Kier alpha value is -1.90. The molecule has 0 radical (unpaired) electrons. The van der Waals surface area contributed by atoms with Crippen LogP contribution in [0.25, 0.3) is 0 Å². The number of rotatable bonds is 6. The molecule has 1 atom stereocenters. The Morgan fingerprint density at radius 1 is 0.962 bits per heavy atom.